The van der Waals surface area contributed by atoms with Gasteiger partial charge in [0.1, 0.15) is 5.82 Å². The number of aromatic amines is 1. The van der Waals surface area contributed by atoms with Crippen molar-refractivity contribution in [1.82, 2.24) is 14.9 Å². The van der Waals surface area contributed by atoms with Gasteiger partial charge in [0.25, 0.3) is 5.56 Å². The molecule has 6 heteroatoms. The largest absolute Gasteiger partial charge is 0.481 e. The van der Waals surface area contributed by atoms with Crippen molar-refractivity contribution in [3.63, 3.8) is 0 Å². The number of H-pyrrole nitrogens is 1. The first kappa shape index (κ1) is 13.8. The van der Waals surface area contributed by atoms with Crippen molar-refractivity contribution in [2.75, 3.05) is 13.1 Å². The molecule has 0 radical (unpaired) electrons. The molecule has 6 nitrogen and oxygen atoms in total. The maximum Gasteiger partial charge on any atom is 0.306 e. The number of hydrogen-bond donors (Lipinski definition) is 2. The van der Waals surface area contributed by atoms with Gasteiger partial charge in [-0.2, -0.15) is 0 Å². The molecule has 0 amide bonds. The van der Waals surface area contributed by atoms with Crippen LogP contribution in [0.3, 0.4) is 0 Å². The Hall–Kier alpha value is -2.21. The number of carboxylic acid groups (broad SMARTS) is 1. The van der Waals surface area contributed by atoms with Gasteiger partial charge in [0.05, 0.1) is 23.4 Å². The van der Waals surface area contributed by atoms with E-state index in [1.165, 1.54) is 0 Å². The number of carboxylic acids is 1. The molecule has 1 aromatic heterocycles. The molecule has 1 aliphatic heterocycles. The number of rotatable bonds is 4. The number of fused-ring (bicyclic) bond motifs is 1. The van der Waals surface area contributed by atoms with Crippen LogP contribution in [0.5, 0.6) is 0 Å². The number of nitrogens with zero attached hydrogens (tertiary/aromatic N) is 2. The summed E-state index contributed by atoms with van der Waals surface area (Å²) in [6.07, 6.45) is 0. The second-order valence-corrected chi connectivity index (χ2v) is 5.61. The van der Waals surface area contributed by atoms with Crippen molar-refractivity contribution in [3.8, 4) is 0 Å². The highest BCUT2D eigenvalue weighted by Gasteiger charge is 2.34. The zero-order valence-corrected chi connectivity index (χ0v) is 11.7. The minimum absolute atomic E-state index is 0.133. The Morgan fingerprint density at radius 2 is 2.19 bits per heavy atom. The molecule has 2 heterocycles. The number of nitrogens with one attached hydrogen (secondary N) is 1. The van der Waals surface area contributed by atoms with Crippen LogP contribution in [0.2, 0.25) is 0 Å². The molecule has 0 saturated carbocycles. The maximum absolute atomic E-state index is 12.0. The van der Waals surface area contributed by atoms with Crippen molar-refractivity contribution in [2.24, 2.45) is 11.8 Å². The second-order valence-electron chi connectivity index (χ2n) is 5.61. The third-order valence-corrected chi connectivity index (χ3v) is 4.12. The van der Waals surface area contributed by atoms with Gasteiger partial charge in [0.15, 0.2) is 0 Å². The van der Waals surface area contributed by atoms with Gasteiger partial charge in [-0.1, -0.05) is 19.1 Å². The fraction of sp³-hybridized carbons (Fsp3) is 0.400. The van der Waals surface area contributed by atoms with E-state index in [1.807, 2.05) is 18.2 Å². The number of aromatic nitrogens is 2. The summed E-state index contributed by atoms with van der Waals surface area (Å²) in [5.41, 5.74) is 0.554. The molecule has 1 fully saturated rings. The molecular weight excluding hydrogens is 270 g/mol. The number of carbonyl (C=O) groups is 1. The fourth-order valence-corrected chi connectivity index (χ4v) is 2.68. The lowest BCUT2D eigenvalue weighted by atomic mass is 9.87. The number of hydrogen-bond acceptors (Lipinski definition) is 4. The quantitative estimate of drug-likeness (QED) is 0.878. The number of para-hydroxylation sites is 1. The highest BCUT2D eigenvalue weighted by atomic mass is 16.4. The van der Waals surface area contributed by atoms with Gasteiger partial charge in [-0.15, -0.1) is 0 Å². The summed E-state index contributed by atoms with van der Waals surface area (Å²) in [7, 11) is 0. The molecule has 1 aromatic carbocycles. The average Bonchev–Trinajstić information content (AvgIpc) is 2.41. The van der Waals surface area contributed by atoms with Gasteiger partial charge in [0, 0.05) is 13.1 Å². The highest BCUT2D eigenvalue weighted by molar-refractivity contribution is 5.77. The predicted molar refractivity (Wildman–Crippen MR) is 77.9 cm³/mol. The first-order valence-electron chi connectivity index (χ1n) is 6.97. The van der Waals surface area contributed by atoms with Gasteiger partial charge < -0.3 is 10.1 Å². The maximum atomic E-state index is 12.0. The van der Waals surface area contributed by atoms with E-state index in [9.17, 15) is 9.59 Å². The summed E-state index contributed by atoms with van der Waals surface area (Å²) >= 11 is 0. The third-order valence-electron chi connectivity index (χ3n) is 4.12. The molecule has 2 N–H and O–H groups in total. The van der Waals surface area contributed by atoms with Crippen molar-refractivity contribution >= 4 is 16.9 Å². The summed E-state index contributed by atoms with van der Waals surface area (Å²) in [6, 6.07) is 7.23. The molecule has 0 bridgehead atoms. The number of aliphatic carboxylic acids is 1. The molecule has 0 spiro atoms. The standard InChI is InChI=1S/C15H17N3O3/c1-9(15(20)21)10-6-18(7-10)8-13-16-12-5-3-2-4-11(12)14(19)17-13/h2-5,9-10H,6-8H2,1H3,(H,20,21)(H,16,17,19). The lowest BCUT2D eigenvalue weighted by Gasteiger charge is -2.40. The van der Waals surface area contributed by atoms with Crippen LogP contribution in [-0.2, 0) is 11.3 Å². The van der Waals surface area contributed by atoms with Gasteiger partial charge >= 0.3 is 5.97 Å². The molecule has 110 valence electrons. The predicted octanol–water partition coefficient (Wildman–Crippen LogP) is 1.08. The molecular formula is C15H17N3O3. The van der Waals surface area contributed by atoms with Crippen LogP contribution in [-0.4, -0.2) is 39.0 Å². The topological polar surface area (TPSA) is 86.3 Å². The molecule has 1 atom stereocenters. The Kier molecular flexibility index (Phi) is 3.47. The second kappa shape index (κ2) is 5.29. The van der Waals surface area contributed by atoms with Crippen LogP contribution in [0, 0.1) is 11.8 Å². The minimum Gasteiger partial charge on any atom is -0.481 e. The fourth-order valence-electron chi connectivity index (χ4n) is 2.68. The molecule has 3 rings (SSSR count). The lowest BCUT2D eigenvalue weighted by molar-refractivity contribution is -0.145. The summed E-state index contributed by atoms with van der Waals surface area (Å²) < 4.78 is 0. The van der Waals surface area contributed by atoms with E-state index in [2.05, 4.69) is 14.9 Å². The molecule has 2 aromatic rings. The van der Waals surface area contributed by atoms with E-state index in [0.29, 0.717) is 23.3 Å². The Labute approximate surface area is 121 Å². The van der Waals surface area contributed by atoms with Crippen molar-refractivity contribution in [2.45, 2.75) is 13.5 Å². The number of benzene rings is 1. The van der Waals surface area contributed by atoms with Crippen LogP contribution in [0.25, 0.3) is 10.9 Å². The van der Waals surface area contributed by atoms with E-state index < -0.39 is 5.97 Å². The SMILES string of the molecule is CC(C(=O)O)C1CN(Cc2nc3ccccc3c(=O)[nH]2)C1. The molecule has 1 unspecified atom stereocenters. The van der Waals surface area contributed by atoms with E-state index in [0.717, 1.165) is 13.1 Å². The third kappa shape index (κ3) is 2.67. The minimum atomic E-state index is -0.753. The van der Waals surface area contributed by atoms with Crippen molar-refractivity contribution in [3.05, 3.63) is 40.4 Å². The van der Waals surface area contributed by atoms with E-state index in [4.69, 9.17) is 5.11 Å². The molecule has 1 aliphatic rings. The first-order chi connectivity index (χ1) is 10.0. The summed E-state index contributed by atoms with van der Waals surface area (Å²) in [4.78, 5) is 32.2. The molecule has 1 saturated heterocycles. The Balaban J connectivity index is 1.70. The Morgan fingerprint density at radius 3 is 2.90 bits per heavy atom. The normalized spacial score (nSPS) is 17.6. The van der Waals surface area contributed by atoms with Crippen LogP contribution < -0.4 is 5.56 Å². The van der Waals surface area contributed by atoms with Gasteiger partial charge in [-0.25, -0.2) is 4.98 Å². The summed E-state index contributed by atoms with van der Waals surface area (Å²) in [6.45, 7) is 3.73. The van der Waals surface area contributed by atoms with Crippen LogP contribution in [0.15, 0.2) is 29.1 Å². The zero-order valence-electron chi connectivity index (χ0n) is 11.7. The van der Waals surface area contributed by atoms with Gasteiger partial charge in [-0.3, -0.25) is 14.5 Å². The summed E-state index contributed by atoms with van der Waals surface area (Å²) in [5.74, 6) is -0.281. The van der Waals surface area contributed by atoms with E-state index in [-0.39, 0.29) is 17.4 Å². The zero-order chi connectivity index (χ0) is 15.0. The Bertz CT molecular complexity index is 734. The van der Waals surface area contributed by atoms with Crippen molar-refractivity contribution < 1.29 is 9.90 Å². The first-order valence-corrected chi connectivity index (χ1v) is 6.97. The van der Waals surface area contributed by atoms with Gasteiger partial charge in [0.2, 0.25) is 0 Å². The monoisotopic (exact) mass is 287 g/mol. The van der Waals surface area contributed by atoms with E-state index in [1.54, 1.807) is 13.0 Å². The summed E-state index contributed by atoms with van der Waals surface area (Å²) in [5, 5.41) is 9.56. The van der Waals surface area contributed by atoms with Crippen LogP contribution in [0.4, 0.5) is 0 Å². The Morgan fingerprint density at radius 1 is 1.48 bits per heavy atom. The highest BCUT2D eigenvalue weighted by Crippen LogP contribution is 2.25. The van der Waals surface area contributed by atoms with Crippen LogP contribution >= 0.6 is 0 Å². The molecule has 21 heavy (non-hydrogen) atoms. The van der Waals surface area contributed by atoms with Crippen LogP contribution in [0.1, 0.15) is 12.7 Å². The smallest absolute Gasteiger partial charge is 0.306 e. The molecule has 0 aliphatic carbocycles. The average molecular weight is 287 g/mol. The van der Waals surface area contributed by atoms with Crippen molar-refractivity contribution in [1.29, 1.82) is 0 Å². The number of likely N-dealkylation sites (tertiary alicyclic amines) is 1. The van der Waals surface area contributed by atoms with E-state index >= 15 is 0 Å². The lowest BCUT2D eigenvalue weighted by Crippen LogP contribution is -2.50. The van der Waals surface area contributed by atoms with Gasteiger partial charge in [-0.05, 0) is 18.1 Å².